The Morgan fingerprint density at radius 1 is 1.31 bits per heavy atom. The van der Waals surface area contributed by atoms with Crippen molar-refractivity contribution in [3.05, 3.63) is 58.5 Å². The number of carbonyl (C=O) groups is 1. The van der Waals surface area contributed by atoms with Gasteiger partial charge in [-0.3, -0.25) is 4.79 Å². The molecular weight excluding hydrogens is 468 g/mol. The number of anilines is 1. The molecule has 2 heterocycles. The Kier molecular flexibility index (Phi) is 6.80. The van der Waals surface area contributed by atoms with Crippen molar-refractivity contribution in [2.75, 3.05) is 11.1 Å². The highest BCUT2D eigenvalue weighted by molar-refractivity contribution is 9.10. The number of aromatic nitrogens is 4. The van der Waals surface area contributed by atoms with Crippen LogP contribution in [-0.4, -0.2) is 31.4 Å². The Hall–Kier alpha value is -2.53. The Morgan fingerprint density at radius 3 is 2.79 bits per heavy atom. The number of hydrogen-bond acceptors (Lipinski definition) is 6. The lowest BCUT2D eigenvalue weighted by Crippen LogP contribution is -2.15. The van der Waals surface area contributed by atoms with E-state index in [1.807, 2.05) is 0 Å². The Bertz CT molecular complexity index is 1020. The van der Waals surface area contributed by atoms with Crippen molar-refractivity contribution in [2.45, 2.75) is 18.2 Å². The second kappa shape index (κ2) is 9.31. The van der Waals surface area contributed by atoms with E-state index >= 15 is 0 Å². The first-order valence-corrected chi connectivity index (χ1v) is 10.2. The summed E-state index contributed by atoms with van der Waals surface area (Å²) in [7, 11) is 1.72. The number of pyridine rings is 1. The predicted molar refractivity (Wildman–Crippen MR) is 108 cm³/mol. The fraction of sp³-hybridized carbons (Fsp3) is 0.222. The van der Waals surface area contributed by atoms with Gasteiger partial charge in [-0.1, -0.05) is 11.8 Å². The van der Waals surface area contributed by atoms with Crippen LogP contribution in [0.25, 0.3) is 0 Å². The highest BCUT2D eigenvalue weighted by Gasteiger charge is 2.19. The van der Waals surface area contributed by atoms with Gasteiger partial charge in [0.05, 0.1) is 5.75 Å². The first-order valence-electron chi connectivity index (χ1n) is 8.38. The van der Waals surface area contributed by atoms with Crippen LogP contribution < -0.4 is 10.1 Å². The smallest absolute Gasteiger partial charge is 0.236 e. The van der Waals surface area contributed by atoms with E-state index in [-0.39, 0.29) is 17.4 Å². The van der Waals surface area contributed by atoms with Crippen LogP contribution >= 0.6 is 27.7 Å². The zero-order valence-corrected chi connectivity index (χ0v) is 17.8. The molecule has 0 fully saturated rings. The van der Waals surface area contributed by atoms with E-state index in [1.165, 1.54) is 17.8 Å². The second-order valence-corrected chi connectivity index (χ2v) is 7.79. The molecule has 0 radical (unpaired) electrons. The number of hydrogen-bond donors (Lipinski definition) is 1. The summed E-state index contributed by atoms with van der Waals surface area (Å²) in [5.74, 6) is -0.828. The number of carbonyl (C=O) groups excluding carboxylic acids is 1. The summed E-state index contributed by atoms with van der Waals surface area (Å²) in [6, 6.07) is 6.53. The highest BCUT2D eigenvalue weighted by Crippen LogP contribution is 2.26. The number of benzene rings is 1. The number of amides is 1. The molecule has 1 N–H and O–H groups in total. The Morgan fingerprint density at radius 2 is 2.10 bits per heavy atom. The number of nitrogens with one attached hydrogen (secondary N) is 1. The zero-order valence-electron chi connectivity index (χ0n) is 15.4. The third-order valence-electron chi connectivity index (χ3n) is 3.76. The first kappa shape index (κ1) is 21.2. The molecule has 1 atom stereocenters. The fourth-order valence-corrected chi connectivity index (χ4v) is 3.33. The van der Waals surface area contributed by atoms with E-state index in [0.29, 0.717) is 16.8 Å². The van der Waals surface area contributed by atoms with Gasteiger partial charge in [-0.25, -0.2) is 13.8 Å². The predicted octanol–water partition coefficient (Wildman–Crippen LogP) is 4.12. The number of thioether (sulfide) groups is 1. The lowest BCUT2D eigenvalue weighted by Gasteiger charge is -2.14. The summed E-state index contributed by atoms with van der Waals surface area (Å²) in [6.45, 7) is 1.67. The Balaban J connectivity index is 1.59. The van der Waals surface area contributed by atoms with Crippen molar-refractivity contribution in [2.24, 2.45) is 7.05 Å². The number of rotatable bonds is 7. The number of nitrogens with zero attached hydrogens (tertiary/aromatic N) is 4. The summed E-state index contributed by atoms with van der Waals surface area (Å²) >= 11 is 4.47. The first-order chi connectivity index (χ1) is 13.8. The van der Waals surface area contributed by atoms with Crippen LogP contribution in [-0.2, 0) is 11.8 Å². The molecule has 0 saturated heterocycles. The van der Waals surface area contributed by atoms with Crippen LogP contribution in [0.2, 0.25) is 0 Å². The minimum absolute atomic E-state index is 0.0857. The van der Waals surface area contributed by atoms with E-state index in [0.717, 1.165) is 16.6 Å². The van der Waals surface area contributed by atoms with Crippen LogP contribution in [0.1, 0.15) is 18.9 Å². The summed E-state index contributed by atoms with van der Waals surface area (Å²) in [6.07, 6.45) is 0.950. The molecule has 1 aromatic carbocycles. The van der Waals surface area contributed by atoms with Crippen molar-refractivity contribution in [3.63, 3.8) is 0 Å². The fourth-order valence-electron chi connectivity index (χ4n) is 2.38. The SMILES string of the molecule is CC(Oc1ccc(F)cc1F)c1nnc(SCC(=O)Nc2ccc(Br)cn2)n1C. The van der Waals surface area contributed by atoms with E-state index < -0.39 is 17.7 Å². The third kappa shape index (κ3) is 5.51. The molecule has 11 heteroatoms. The monoisotopic (exact) mass is 483 g/mol. The van der Waals surface area contributed by atoms with Gasteiger partial charge in [-0.2, -0.15) is 0 Å². The average Bonchev–Trinajstić information content (AvgIpc) is 3.05. The largest absolute Gasteiger partial charge is 0.480 e. The van der Waals surface area contributed by atoms with Crippen LogP contribution in [0.4, 0.5) is 14.6 Å². The summed E-state index contributed by atoms with van der Waals surface area (Å²) in [4.78, 5) is 16.2. The lowest BCUT2D eigenvalue weighted by atomic mass is 10.3. The van der Waals surface area contributed by atoms with Gasteiger partial charge in [-0.15, -0.1) is 10.2 Å². The molecule has 29 heavy (non-hydrogen) atoms. The van der Waals surface area contributed by atoms with Crippen molar-refractivity contribution < 1.29 is 18.3 Å². The van der Waals surface area contributed by atoms with Gasteiger partial charge in [0.25, 0.3) is 0 Å². The number of ether oxygens (including phenoxy) is 1. The maximum absolute atomic E-state index is 13.8. The van der Waals surface area contributed by atoms with Crippen LogP contribution in [0, 0.1) is 11.6 Å². The van der Waals surface area contributed by atoms with Crippen molar-refractivity contribution in [3.8, 4) is 5.75 Å². The quantitative estimate of drug-likeness (QED) is 0.509. The zero-order chi connectivity index (χ0) is 21.0. The molecule has 0 spiro atoms. The van der Waals surface area contributed by atoms with Crippen LogP contribution in [0.3, 0.4) is 0 Å². The van der Waals surface area contributed by atoms with Gasteiger partial charge in [0, 0.05) is 23.8 Å². The third-order valence-corrected chi connectivity index (χ3v) is 5.25. The standard InChI is InChI=1S/C18H16BrF2N5O2S/c1-10(28-14-5-4-12(20)7-13(14)21)17-24-25-18(26(17)2)29-9-16(27)23-15-6-3-11(19)8-22-15/h3-8,10H,9H2,1-2H3,(H,22,23,27). The average molecular weight is 484 g/mol. The van der Waals surface area contributed by atoms with Crippen LogP contribution in [0.5, 0.6) is 5.75 Å². The van der Waals surface area contributed by atoms with Gasteiger partial charge in [0.1, 0.15) is 11.6 Å². The molecule has 152 valence electrons. The van der Waals surface area contributed by atoms with Gasteiger partial charge in [0.15, 0.2) is 28.7 Å². The maximum Gasteiger partial charge on any atom is 0.236 e. The van der Waals surface area contributed by atoms with E-state index in [4.69, 9.17) is 4.74 Å². The molecule has 0 saturated carbocycles. The normalized spacial score (nSPS) is 11.9. The van der Waals surface area contributed by atoms with E-state index in [2.05, 4.69) is 36.4 Å². The summed E-state index contributed by atoms with van der Waals surface area (Å²) in [5, 5.41) is 11.3. The highest BCUT2D eigenvalue weighted by atomic mass is 79.9. The van der Waals surface area contributed by atoms with E-state index in [1.54, 1.807) is 36.9 Å². The molecular formula is C18H16BrF2N5O2S. The van der Waals surface area contributed by atoms with Gasteiger partial charge < -0.3 is 14.6 Å². The minimum Gasteiger partial charge on any atom is -0.480 e. The molecule has 3 rings (SSSR count). The topological polar surface area (TPSA) is 81.9 Å². The molecule has 0 aliphatic rings. The molecule has 0 aliphatic heterocycles. The molecule has 7 nitrogen and oxygen atoms in total. The summed E-state index contributed by atoms with van der Waals surface area (Å²) < 4.78 is 34.8. The second-order valence-electron chi connectivity index (χ2n) is 5.93. The molecule has 1 amide bonds. The van der Waals surface area contributed by atoms with Gasteiger partial charge in [-0.05, 0) is 47.1 Å². The van der Waals surface area contributed by atoms with Gasteiger partial charge >= 0.3 is 0 Å². The molecule has 0 aliphatic carbocycles. The lowest BCUT2D eigenvalue weighted by molar-refractivity contribution is -0.113. The molecule has 2 aromatic heterocycles. The van der Waals surface area contributed by atoms with E-state index in [9.17, 15) is 13.6 Å². The molecule has 0 bridgehead atoms. The minimum atomic E-state index is -0.799. The maximum atomic E-state index is 13.8. The number of halogens is 3. The van der Waals surface area contributed by atoms with Crippen molar-refractivity contribution in [1.29, 1.82) is 0 Å². The molecule has 1 unspecified atom stereocenters. The van der Waals surface area contributed by atoms with Crippen molar-refractivity contribution >= 4 is 39.4 Å². The Labute approximate surface area is 178 Å². The van der Waals surface area contributed by atoms with Gasteiger partial charge in [0.2, 0.25) is 5.91 Å². The van der Waals surface area contributed by atoms with Crippen molar-refractivity contribution in [1.82, 2.24) is 19.7 Å². The summed E-state index contributed by atoms with van der Waals surface area (Å²) in [5.41, 5.74) is 0. The van der Waals surface area contributed by atoms with Crippen LogP contribution in [0.15, 0.2) is 46.2 Å². The molecule has 3 aromatic rings.